The van der Waals surface area contributed by atoms with Crippen molar-refractivity contribution in [3.8, 4) is 5.75 Å². The molecule has 0 radical (unpaired) electrons. The van der Waals surface area contributed by atoms with E-state index < -0.39 is 11.6 Å². The zero-order valence-electron chi connectivity index (χ0n) is 10.7. The van der Waals surface area contributed by atoms with E-state index in [0.29, 0.717) is 5.56 Å². The van der Waals surface area contributed by atoms with Crippen molar-refractivity contribution < 1.29 is 14.6 Å². The van der Waals surface area contributed by atoms with Gasteiger partial charge < -0.3 is 15.2 Å². The first kappa shape index (κ1) is 13.5. The second kappa shape index (κ2) is 5.19. The summed E-state index contributed by atoms with van der Waals surface area (Å²) < 4.78 is 5.30. The Labute approximate surface area is 102 Å². The van der Waals surface area contributed by atoms with E-state index in [1.54, 1.807) is 31.3 Å². The van der Waals surface area contributed by atoms with Gasteiger partial charge in [0.25, 0.3) is 0 Å². The van der Waals surface area contributed by atoms with Crippen molar-refractivity contribution in [3.63, 3.8) is 0 Å². The zero-order valence-corrected chi connectivity index (χ0v) is 10.7. The molecule has 94 valence electrons. The summed E-state index contributed by atoms with van der Waals surface area (Å²) in [6.45, 7) is 5.46. The average Bonchev–Trinajstić information content (AvgIpc) is 2.15. The van der Waals surface area contributed by atoms with Gasteiger partial charge in [-0.15, -0.1) is 0 Å². The highest BCUT2D eigenvalue weighted by Crippen LogP contribution is 2.21. The molecule has 1 rings (SSSR count). The number of rotatable bonds is 3. The highest BCUT2D eigenvalue weighted by atomic mass is 16.6. The number of carbonyl (C=O) groups excluding carboxylic acids is 1. The molecule has 1 aromatic rings. The second-order valence-electron chi connectivity index (χ2n) is 4.85. The topological polar surface area (TPSA) is 58.6 Å². The zero-order chi connectivity index (χ0) is 13.1. The van der Waals surface area contributed by atoms with Gasteiger partial charge in [0.1, 0.15) is 17.4 Å². The number of phenols is 1. The van der Waals surface area contributed by atoms with Crippen LogP contribution in [0.2, 0.25) is 0 Å². The van der Waals surface area contributed by atoms with E-state index in [9.17, 15) is 9.90 Å². The maximum atomic E-state index is 11.9. The number of esters is 1. The third kappa shape index (κ3) is 4.07. The van der Waals surface area contributed by atoms with Crippen molar-refractivity contribution in [1.29, 1.82) is 0 Å². The van der Waals surface area contributed by atoms with Gasteiger partial charge in [0.05, 0.1) is 0 Å². The number of ether oxygens (including phenoxy) is 1. The van der Waals surface area contributed by atoms with E-state index in [4.69, 9.17) is 4.74 Å². The Morgan fingerprint density at radius 2 is 2.06 bits per heavy atom. The highest BCUT2D eigenvalue weighted by Gasteiger charge is 2.25. The summed E-state index contributed by atoms with van der Waals surface area (Å²) in [6, 6.07) is 6.00. The quantitative estimate of drug-likeness (QED) is 0.789. The first-order valence-electron chi connectivity index (χ1n) is 5.52. The lowest BCUT2D eigenvalue weighted by Gasteiger charge is -2.24. The Kier molecular flexibility index (Phi) is 4.12. The molecule has 0 aliphatic heterocycles. The number of benzene rings is 1. The molecule has 0 aromatic heterocycles. The molecule has 1 atom stereocenters. The average molecular weight is 237 g/mol. The van der Waals surface area contributed by atoms with Crippen LogP contribution in [-0.2, 0) is 9.53 Å². The van der Waals surface area contributed by atoms with Crippen LogP contribution in [0, 0.1) is 0 Å². The largest absolute Gasteiger partial charge is 0.508 e. The van der Waals surface area contributed by atoms with Gasteiger partial charge in [0.15, 0.2) is 0 Å². The summed E-state index contributed by atoms with van der Waals surface area (Å²) in [4.78, 5) is 11.9. The Morgan fingerprint density at radius 3 is 2.53 bits per heavy atom. The van der Waals surface area contributed by atoms with Crippen LogP contribution in [0.3, 0.4) is 0 Å². The molecular weight excluding hydrogens is 218 g/mol. The van der Waals surface area contributed by atoms with Crippen molar-refractivity contribution in [2.45, 2.75) is 32.4 Å². The van der Waals surface area contributed by atoms with Crippen molar-refractivity contribution in [3.05, 3.63) is 29.8 Å². The molecule has 0 amide bonds. The molecule has 1 unspecified atom stereocenters. The van der Waals surface area contributed by atoms with Crippen LogP contribution in [0.4, 0.5) is 0 Å². The van der Waals surface area contributed by atoms with Gasteiger partial charge in [-0.2, -0.15) is 0 Å². The number of hydrogen-bond acceptors (Lipinski definition) is 4. The van der Waals surface area contributed by atoms with Gasteiger partial charge in [-0.1, -0.05) is 12.1 Å². The lowest BCUT2D eigenvalue weighted by atomic mass is 10.1. The molecule has 4 nitrogen and oxygen atoms in total. The van der Waals surface area contributed by atoms with E-state index in [2.05, 4.69) is 5.32 Å². The Hall–Kier alpha value is -1.55. The van der Waals surface area contributed by atoms with E-state index >= 15 is 0 Å². The van der Waals surface area contributed by atoms with Crippen LogP contribution in [0.1, 0.15) is 32.4 Å². The van der Waals surface area contributed by atoms with Crippen molar-refractivity contribution in [2.24, 2.45) is 0 Å². The fourth-order valence-electron chi connectivity index (χ4n) is 1.49. The normalized spacial score (nSPS) is 13.2. The molecule has 17 heavy (non-hydrogen) atoms. The van der Waals surface area contributed by atoms with Gasteiger partial charge in [0, 0.05) is 0 Å². The minimum atomic E-state index is -0.568. The molecule has 2 N–H and O–H groups in total. The van der Waals surface area contributed by atoms with E-state index in [-0.39, 0.29) is 11.7 Å². The van der Waals surface area contributed by atoms with E-state index in [1.165, 1.54) is 0 Å². The smallest absolute Gasteiger partial charge is 0.328 e. The maximum Gasteiger partial charge on any atom is 0.328 e. The molecule has 0 heterocycles. The molecule has 0 spiro atoms. The first-order chi connectivity index (χ1) is 7.83. The summed E-state index contributed by atoms with van der Waals surface area (Å²) in [5.74, 6) is -0.225. The summed E-state index contributed by atoms with van der Waals surface area (Å²) in [7, 11) is 1.68. The highest BCUT2D eigenvalue weighted by molar-refractivity contribution is 5.78. The van der Waals surface area contributed by atoms with Crippen LogP contribution >= 0.6 is 0 Å². The van der Waals surface area contributed by atoms with Crippen molar-refractivity contribution in [2.75, 3.05) is 7.05 Å². The minimum absolute atomic E-state index is 0.131. The predicted molar refractivity (Wildman–Crippen MR) is 65.8 cm³/mol. The third-order valence-electron chi connectivity index (χ3n) is 2.13. The Morgan fingerprint density at radius 1 is 1.41 bits per heavy atom. The minimum Gasteiger partial charge on any atom is -0.508 e. The van der Waals surface area contributed by atoms with Crippen LogP contribution in [0.25, 0.3) is 0 Å². The van der Waals surface area contributed by atoms with Crippen LogP contribution in [0.5, 0.6) is 5.75 Å². The number of carbonyl (C=O) groups is 1. The van der Waals surface area contributed by atoms with Gasteiger partial charge in [-0.3, -0.25) is 0 Å². The lowest BCUT2D eigenvalue weighted by Crippen LogP contribution is -2.33. The molecule has 0 saturated carbocycles. The second-order valence-corrected chi connectivity index (χ2v) is 4.85. The van der Waals surface area contributed by atoms with Gasteiger partial charge in [-0.25, -0.2) is 4.79 Å². The van der Waals surface area contributed by atoms with Crippen LogP contribution in [0.15, 0.2) is 24.3 Å². The van der Waals surface area contributed by atoms with Crippen LogP contribution < -0.4 is 5.32 Å². The first-order valence-corrected chi connectivity index (χ1v) is 5.52. The third-order valence-corrected chi connectivity index (χ3v) is 2.13. The van der Waals surface area contributed by atoms with Crippen molar-refractivity contribution >= 4 is 5.97 Å². The fourth-order valence-corrected chi connectivity index (χ4v) is 1.49. The van der Waals surface area contributed by atoms with Gasteiger partial charge in [0.2, 0.25) is 0 Å². The summed E-state index contributed by atoms with van der Waals surface area (Å²) in [5, 5.41) is 12.3. The molecule has 4 heteroatoms. The molecule has 0 aliphatic carbocycles. The number of nitrogens with one attached hydrogen (secondary N) is 1. The summed E-state index contributed by atoms with van der Waals surface area (Å²) >= 11 is 0. The Bertz CT molecular complexity index is 396. The molecular formula is C13H19NO3. The SMILES string of the molecule is CNC(C(=O)OC(C)(C)C)c1cccc(O)c1. The standard InChI is InChI=1S/C13H19NO3/c1-13(2,3)17-12(16)11(14-4)9-6-5-7-10(15)8-9/h5-8,11,14-15H,1-4H3. The molecule has 0 bridgehead atoms. The number of likely N-dealkylation sites (N-methyl/N-ethyl adjacent to an activating group) is 1. The summed E-state index contributed by atoms with van der Waals surface area (Å²) in [5.41, 5.74) is 0.157. The monoisotopic (exact) mass is 237 g/mol. The van der Waals surface area contributed by atoms with Crippen LogP contribution in [-0.4, -0.2) is 23.7 Å². The molecule has 0 saturated heterocycles. The fraction of sp³-hybridized carbons (Fsp3) is 0.462. The van der Waals surface area contributed by atoms with Gasteiger partial charge >= 0.3 is 5.97 Å². The van der Waals surface area contributed by atoms with E-state index in [0.717, 1.165) is 0 Å². The lowest BCUT2D eigenvalue weighted by molar-refractivity contribution is -0.157. The summed E-state index contributed by atoms with van der Waals surface area (Å²) in [6.07, 6.45) is 0. The maximum absolute atomic E-state index is 11.9. The number of hydrogen-bond donors (Lipinski definition) is 2. The van der Waals surface area contributed by atoms with Gasteiger partial charge in [-0.05, 0) is 45.5 Å². The number of aromatic hydroxyl groups is 1. The van der Waals surface area contributed by atoms with E-state index in [1.807, 2.05) is 20.8 Å². The predicted octanol–water partition coefficient (Wildman–Crippen LogP) is 1.99. The Balaban J connectivity index is 2.88. The van der Waals surface area contributed by atoms with Crippen molar-refractivity contribution in [1.82, 2.24) is 5.32 Å². The molecule has 1 aromatic carbocycles. The number of phenolic OH excluding ortho intramolecular Hbond substituents is 1. The molecule has 0 aliphatic rings. The molecule has 0 fully saturated rings.